The number of hydrogen-bond donors (Lipinski definition) is 0. The summed E-state index contributed by atoms with van der Waals surface area (Å²) >= 11 is 0. The third-order valence-corrected chi connectivity index (χ3v) is 5.20. The van der Waals surface area contributed by atoms with Gasteiger partial charge in [0.05, 0.1) is 0 Å². The molecule has 0 heteroatoms. The van der Waals surface area contributed by atoms with E-state index < -0.39 is 0 Å². The first-order valence-electron chi connectivity index (χ1n) is 11.6. The van der Waals surface area contributed by atoms with Crippen molar-refractivity contribution >= 4 is 0 Å². The average Bonchev–Trinajstić information content (AvgIpc) is 2.63. The average molecular weight is 349 g/mol. The highest BCUT2D eigenvalue weighted by atomic mass is 14.0. The largest absolute Gasteiger partial charge is 0.0885 e. The Balaban J connectivity index is 2.97. The summed E-state index contributed by atoms with van der Waals surface area (Å²) in [5.41, 5.74) is 0. The lowest BCUT2D eigenvalue weighted by atomic mass is 10.0. The van der Waals surface area contributed by atoms with Crippen molar-refractivity contribution in [2.24, 2.45) is 0 Å². The van der Waals surface area contributed by atoms with Crippen molar-refractivity contribution in [1.82, 2.24) is 0 Å². The molecule has 0 aliphatic heterocycles. The van der Waals surface area contributed by atoms with Crippen molar-refractivity contribution in [2.45, 2.75) is 135 Å². The summed E-state index contributed by atoms with van der Waals surface area (Å²) in [7, 11) is 0. The zero-order valence-corrected chi connectivity index (χ0v) is 17.4. The minimum absolute atomic E-state index is 0.942. The van der Waals surface area contributed by atoms with Crippen molar-refractivity contribution in [2.75, 3.05) is 0 Å². The number of unbranched alkanes of at least 4 members (excludes halogenated alkanes) is 19. The molecule has 0 aliphatic carbocycles. The van der Waals surface area contributed by atoms with E-state index in [1.807, 2.05) is 0 Å². The van der Waals surface area contributed by atoms with E-state index in [0.29, 0.717) is 0 Å². The minimum atomic E-state index is 0.942. The molecule has 0 nitrogen and oxygen atoms in total. The van der Waals surface area contributed by atoms with Gasteiger partial charge in [0, 0.05) is 0 Å². The quantitative estimate of drug-likeness (QED) is 0.143. The van der Waals surface area contributed by atoms with Crippen LogP contribution in [0.3, 0.4) is 0 Å². The van der Waals surface area contributed by atoms with Crippen LogP contribution in [0.4, 0.5) is 0 Å². The van der Waals surface area contributed by atoms with Gasteiger partial charge in [-0.15, -0.1) is 0 Å². The summed E-state index contributed by atoms with van der Waals surface area (Å²) in [4.78, 5) is 0. The van der Waals surface area contributed by atoms with Crippen molar-refractivity contribution in [3.63, 3.8) is 0 Å². The van der Waals surface area contributed by atoms with E-state index in [1.165, 1.54) is 122 Å². The number of hydrogen-bond acceptors (Lipinski definition) is 0. The highest BCUT2D eigenvalue weighted by Crippen LogP contribution is 2.14. The monoisotopic (exact) mass is 348 g/mol. The molecule has 0 rings (SSSR count). The summed E-state index contributed by atoms with van der Waals surface area (Å²) in [5.74, 6) is 0. The fraction of sp³-hybridized carbons (Fsp3) is 0.840. The fourth-order valence-corrected chi connectivity index (χ4v) is 3.50. The lowest BCUT2D eigenvalue weighted by Gasteiger charge is -2.03. The van der Waals surface area contributed by atoms with Crippen LogP contribution in [0, 0.1) is 13.8 Å². The van der Waals surface area contributed by atoms with Crippen LogP contribution < -0.4 is 0 Å². The molecular weight excluding hydrogens is 300 g/mol. The highest BCUT2D eigenvalue weighted by molar-refractivity contribution is 4.81. The molecule has 0 fully saturated rings. The van der Waals surface area contributed by atoms with Crippen LogP contribution in [0.2, 0.25) is 0 Å². The predicted octanol–water partition coefficient (Wildman–Crippen LogP) is 9.40. The molecule has 0 saturated carbocycles. The van der Waals surface area contributed by atoms with Crippen LogP contribution in [-0.4, -0.2) is 0 Å². The van der Waals surface area contributed by atoms with Gasteiger partial charge in [0.1, 0.15) is 0 Å². The van der Waals surface area contributed by atoms with Crippen LogP contribution in [0.1, 0.15) is 135 Å². The smallest absolute Gasteiger partial charge is 0.0351 e. The normalized spacial score (nSPS) is 11.6. The van der Waals surface area contributed by atoms with Gasteiger partial charge in [-0.1, -0.05) is 135 Å². The Bertz CT molecular complexity index is 240. The van der Waals surface area contributed by atoms with E-state index in [0.717, 1.165) is 12.8 Å². The fourth-order valence-electron chi connectivity index (χ4n) is 3.50. The Morgan fingerprint density at radius 2 is 0.680 bits per heavy atom. The SMILES string of the molecule is [CH2]CC=CCCCCCCCCCCCCCCCCCCCC[CH2]. The van der Waals surface area contributed by atoms with E-state index >= 15 is 0 Å². The predicted molar refractivity (Wildman–Crippen MR) is 117 cm³/mol. The minimum Gasteiger partial charge on any atom is -0.0885 e. The molecule has 0 atom stereocenters. The maximum atomic E-state index is 3.90. The molecule has 0 spiro atoms. The topological polar surface area (TPSA) is 0 Å². The summed E-state index contributed by atoms with van der Waals surface area (Å²) in [6.07, 6.45) is 33.8. The Kier molecular flexibility index (Phi) is 23.5. The molecule has 0 bridgehead atoms. The van der Waals surface area contributed by atoms with Gasteiger partial charge in [-0.3, -0.25) is 0 Å². The summed E-state index contributed by atoms with van der Waals surface area (Å²) in [6, 6.07) is 0. The molecule has 0 saturated heterocycles. The van der Waals surface area contributed by atoms with E-state index in [1.54, 1.807) is 0 Å². The summed E-state index contributed by atoms with van der Waals surface area (Å²) in [5, 5.41) is 0. The lowest BCUT2D eigenvalue weighted by Crippen LogP contribution is -1.84. The van der Waals surface area contributed by atoms with Gasteiger partial charge in [0.2, 0.25) is 0 Å². The van der Waals surface area contributed by atoms with Crippen LogP contribution in [0.25, 0.3) is 0 Å². The molecule has 0 aromatic carbocycles. The van der Waals surface area contributed by atoms with E-state index in [9.17, 15) is 0 Å². The van der Waals surface area contributed by atoms with Crippen molar-refractivity contribution in [3.8, 4) is 0 Å². The molecule has 0 N–H and O–H groups in total. The van der Waals surface area contributed by atoms with Crippen molar-refractivity contribution in [3.05, 3.63) is 26.0 Å². The molecule has 0 aromatic heterocycles. The van der Waals surface area contributed by atoms with Gasteiger partial charge < -0.3 is 0 Å². The van der Waals surface area contributed by atoms with E-state index in [4.69, 9.17) is 0 Å². The van der Waals surface area contributed by atoms with Gasteiger partial charge in [-0.2, -0.15) is 0 Å². The molecule has 0 aliphatic rings. The molecule has 0 unspecified atom stereocenters. The number of allylic oxidation sites excluding steroid dienone is 2. The summed E-state index contributed by atoms with van der Waals surface area (Å²) < 4.78 is 0. The van der Waals surface area contributed by atoms with Gasteiger partial charge >= 0.3 is 0 Å². The molecule has 25 heavy (non-hydrogen) atoms. The van der Waals surface area contributed by atoms with Crippen LogP contribution in [0.15, 0.2) is 12.2 Å². The molecule has 148 valence electrons. The third kappa shape index (κ3) is 23.7. The van der Waals surface area contributed by atoms with Crippen molar-refractivity contribution in [1.29, 1.82) is 0 Å². The van der Waals surface area contributed by atoms with Crippen LogP contribution >= 0.6 is 0 Å². The first-order chi connectivity index (χ1) is 12.4. The Labute approximate surface area is 161 Å². The second-order valence-corrected chi connectivity index (χ2v) is 7.77. The first kappa shape index (κ1) is 24.7. The van der Waals surface area contributed by atoms with Gasteiger partial charge in [-0.05, 0) is 26.2 Å². The standard InChI is InChI=1S/C25H48/c1-3-5-7-9-11-13-15-17-19-21-23-25-24-22-20-18-16-14-12-10-8-6-4-2/h5,7H,1-4,6,8-25H2. The Morgan fingerprint density at radius 3 is 1.00 bits per heavy atom. The van der Waals surface area contributed by atoms with Crippen LogP contribution in [0.5, 0.6) is 0 Å². The second kappa shape index (κ2) is 23.7. The molecule has 0 aromatic rings. The van der Waals surface area contributed by atoms with E-state index in [-0.39, 0.29) is 0 Å². The Morgan fingerprint density at radius 1 is 0.360 bits per heavy atom. The maximum Gasteiger partial charge on any atom is -0.0351 e. The zero-order valence-electron chi connectivity index (χ0n) is 17.4. The van der Waals surface area contributed by atoms with Gasteiger partial charge in [0.15, 0.2) is 0 Å². The molecule has 0 heterocycles. The lowest BCUT2D eigenvalue weighted by molar-refractivity contribution is 0.524. The van der Waals surface area contributed by atoms with Crippen molar-refractivity contribution < 1.29 is 0 Å². The first-order valence-corrected chi connectivity index (χ1v) is 11.6. The van der Waals surface area contributed by atoms with Crippen LogP contribution in [-0.2, 0) is 0 Å². The zero-order chi connectivity index (χ0) is 18.3. The van der Waals surface area contributed by atoms with Gasteiger partial charge in [0.25, 0.3) is 0 Å². The third-order valence-electron chi connectivity index (χ3n) is 5.20. The maximum absolute atomic E-state index is 3.90. The molecule has 2 radical (unpaired) electrons. The number of rotatable bonds is 21. The Hall–Kier alpha value is -0.260. The van der Waals surface area contributed by atoms with Gasteiger partial charge in [-0.25, -0.2) is 0 Å². The molecule has 0 amide bonds. The highest BCUT2D eigenvalue weighted by Gasteiger charge is 1.95. The molecular formula is C25H48. The van der Waals surface area contributed by atoms with E-state index in [2.05, 4.69) is 26.0 Å². The summed E-state index contributed by atoms with van der Waals surface area (Å²) in [6.45, 7) is 7.72. The second-order valence-electron chi connectivity index (χ2n) is 7.77.